The Morgan fingerprint density at radius 2 is 1.95 bits per heavy atom. The van der Waals surface area contributed by atoms with Crippen LogP contribution in [-0.2, 0) is 0 Å². The highest BCUT2D eigenvalue weighted by molar-refractivity contribution is 5.59. The third-order valence-electron chi connectivity index (χ3n) is 3.91. The Morgan fingerprint density at radius 3 is 2.76 bits per heavy atom. The first-order valence-corrected chi connectivity index (χ1v) is 7.51. The van der Waals surface area contributed by atoms with Crippen LogP contribution in [0.2, 0.25) is 0 Å². The van der Waals surface area contributed by atoms with Crippen LogP contribution in [-0.4, -0.2) is 21.2 Å². The SMILES string of the molecule is Cc1ccc(C)c(Nc2nncc(NC3CCCC3)n2)c1. The van der Waals surface area contributed by atoms with E-state index >= 15 is 0 Å². The van der Waals surface area contributed by atoms with E-state index in [-0.39, 0.29) is 0 Å². The molecule has 2 aromatic rings. The van der Waals surface area contributed by atoms with E-state index in [9.17, 15) is 0 Å². The van der Waals surface area contributed by atoms with Crippen LogP contribution in [0.1, 0.15) is 36.8 Å². The fraction of sp³-hybridized carbons (Fsp3) is 0.438. The van der Waals surface area contributed by atoms with Crippen molar-refractivity contribution in [2.75, 3.05) is 10.6 Å². The third-order valence-corrected chi connectivity index (χ3v) is 3.91. The van der Waals surface area contributed by atoms with Crippen molar-refractivity contribution in [1.82, 2.24) is 15.2 Å². The molecule has 3 rings (SSSR count). The predicted molar refractivity (Wildman–Crippen MR) is 84.9 cm³/mol. The van der Waals surface area contributed by atoms with Crippen LogP contribution in [0.3, 0.4) is 0 Å². The van der Waals surface area contributed by atoms with Gasteiger partial charge in [0.2, 0.25) is 5.95 Å². The number of anilines is 3. The summed E-state index contributed by atoms with van der Waals surface area (Å²) in [5.74, 6) is 1.33. The molecule has 0 spiro atoms. The lowest BCUT2D eigenvalue weighted by Crippen LogP contribution is -2.16. The van der Waals surface area contributed by atoms with E-state index in [4.69, 9.17) is 0 Å². The van der Waals surface area contributed by atoms with Crippen LogP contribution >= 0.6 is 0 Å². The Balaban J connectivity index is 1.74. The minimum absolute atomic E-state index is 0.523. The third kappa shape index (κ3) is 3.48. The molecule has 5 heteroatoms. The standard InChI is InChI=1S/C16H21N5/c1-11-7-8-12(2)14(9-11)19-16-20-15(10-17-21-16)18-13-5-3-4-6-13/h7-10,13H,3-6H2,1-2H3,(H2,18,19,20,21). The average Bonchev–Trinajstić information content (AvgIpc) is 2.96. The lowest BCUT2D eigenvalue weighted by Gasteiger charge is -2.13. The van der Waals surface area contributed by atoms with Gasteiger partial charge >= 0.3 is 0 Å². The zero-order valence-corrected chi connectivity index (χ0v) is 12.6. The molecule has 0 radical (unpaired) electrons. The molecule has 1 saturated carbocycles. The molecular weight excluding hydrogens is 262 g/mol. The second-order valence-electron chi connectivity index (χ2n) is 5.73. The summed E-state index contributed by atoms with van der Waals surface area (Å²) < 4.78 is 0. The molecule has 1 fully saturated rings. The number of rotatable bonds is 4. The summed E-state index contributed by atoms with van der Waals surface area (Å²) >= 11 is 0. The molecule has 1 aliphatic carbocycles. The second kappa shape index (κ2) is 6.08. The molecule has 21 heavy (non-hydrogen) atoms. The highest BCUT2D eigenvalue weighted by Crippen LogP contribution is 2.22. The molecule has 1 aromatic heterocycles. The summed E-state index contributed by atoms with van der Waals surface area (Å²) in [5, 5.41) is 14.8. The molecule has 0 bridgehead atoms. The van der Waals surface area contributed by atoms with Crippen LogP contribution in [0.25, 0.3) is 0 Å². The summed E-state index contributed by atoms with van der Waals surface area (Å²) in [4.78, 5) is 4.51. The van der Waals surface area contributed by atoms with Gasteiger partial charge in [-0.05, 0) is 43.9 Å². The van der Waals surface area contributed by atoms with Gasteiger partial charge in [-0.1, -0.05) is 25.0 Å². The van der Waals surface area contributed by atoms with Gasteiger partial charge in [0.15, 0.2) is 5.82 Å². The first-order chi connectivity index (χ1) is 10.2. The Kier molecular flexibility index (Phi) is 3.99. The van der Waals surface area contributed by atoms with Crippen molar-refractivity contribution in [3.05, 3.63) is 35.5 Å². The lowest BCUT2D eigenvalue weighted by molar-refractivity contribution is 0.747. The van der Waals surface area contributed by atoms with Gasteiger partial charge in [0.25, 0.3) is 0 Å². The van der Waals surface area contributed by atoms with Crippen molar-refractivity contribution >= 4 is 17.5 Å². The van der Waals surface area contributed by atoms with Gasteiger partial charge in [0.1, 0.15) is 0 Å². The first kappa shape index (κ1) is 13.8. The summed E-state index contributed by atoms with van der Waals surface area (Å²) in [6, 6.07) is 6.80. The van der Waals surface area contributed by atoms with Crippen LogP contribution in [0.4, 0.5) is 17.5 Å². The van der Waals surface area contributed by atoms with Gasteiger partial charge in [-0.3, -0.25) is 0 Å². The maximum Gasteiger partial charge on any atom is 0.249 e. The molecule has 0 atom stereocenters. The Bertz CT molecular complexity index is 620. The van der Waals surface area contributed by atoms with Crippen LogP contribution in [0.5, 0.6) is 0 Å². The molecule has 5 nitrogen and oxygen atoms in total. The number of hydrogen-bond acceptors (Lipinski definition) is 5. The molecule has 1 aromatic carbocycles. The lowest BCUT2D eigenvalue weighted by atomic mass is 10.1. The molecule has 0 amide bonds. The number of nitrogens with one attached hydrogen (secondary N) is 2. The smallest absolute Gasteiger partial charge is 0.249 e. The molecule has 0 unspecified atom stereocenters. The van der Waals surface area contributed by atoms with E-state index in [0.717, 1.165) is 11.5 Å². The number of benzene rings is 1. The number of aromatic nitrogens is 3. The van der Waals surface area contributed by atoms with Crippen molar-refractivity contribution < 1.29 is 0 Å². The number of aryl methyl sites for hydroxylation is 2. The molecule has 0 saturated heterocycles. The summed E-state index contributed by atoms with van der Waals surface area (Å²) in [5.41, 5.74) is 3.39. The van der Waals surface area contributed by atoms with Crippen molar-refractivity contribution in [2.45, 2.75) is 45.6 Å². The van der Waals surface area contributed by atoms with E-state index in [1.165, 1.54) is 36.8 Å². The first-order valence-electron chi connectivity index (χ1n) is 7.51. The zero-order chi connectivity index (χ0) is 14.7. The monoisotopic (exact) mass is 283 g/mol. The van der Waals surface area contributed by atoms with Crippen LogP contribution < -0.4 is 10.6 Å². The van der Waals surface area contributed by atoms with Gasteiger partial charge in [-0.15, -0.1) is 5.10 Å². The van der Waals surface area contributed by atoms with Gasteiger partial charge < -0.3 is 10.6 Å². The Labute approximate surface area is 125 Å². The molecule has 1 heterocycles. The number of nitrogens with zero attached hydrogens (tertiary/aromatic N) is 3. The van der Waals surface area contributed by atoms with Gasteiger partial charge in [-0.2, -0.15) is 10.1 Å². The van der Waals surface area contributed by atoms with E-state index in [2.05, 4.69) is 57.9 Å². The topological polar surface area (TPSA) is 62.7 Å². The average molecular weight is 283 g/mol. The van der Waals surface area contributed by atoms with Crippen molar-refractivity contribution in [2.24, 2.45) is 0 Å². The fourth-order valence-corrected chi connectivity index (χ4v) is 2.70. The number of hydrogen-bond donors (Lipinski definition) is 2. The minimum atomic E-state index is 0.523. The van der Waals surface area contributed by atoms with Crippen LogP contribution in [0.15, 0.2) is 24.4 Å². The van der Waals surface area contributed by atoms with Gasteiger partial charge in [0.05, 0.1) is 6.20 Å². The highest BCUT2D eigenvalue weighted by Gasteiger charge is 2.15. The van der Waals surface area contributed by atoms with Gasteiger partial charge in [0, 0.05) is 11.7 Å². The van der Waals surface area contributed by atoms with E-state index < -0.39 is 0 Å². The zero-order valence-electron chi connectivity index (χ0n) is 12.6. The summed E-state index contributed by atoms with van der Waals surface area (Å²) in [6.45, 7) is 4.14. The molecule has 2 N–H and O–H groups in total. The van der Waals surface area contributed by atoms with Crippen molar-refractivity contribution in [3.63, 3.8) is 0 Å². The second-order valence-corrected chi connectivity index (χ2v) is 5.73. The predicted octanol–water partition coefficient (Wildman–Crippen LogP) is 3.59. The van der Waals surface area contributed by atoms with E-state index in [1.54, 1.807) is 6.20 Å². The molecular formula is C16H21N5. The van der Waals surface area contributed by atoms with E-state index in [0.29, 0.717) is 12.0 Å². The van der Waals surface area contributed by atoms with Gasteiger partial charge in [-0.25, -0.2) is 0 Å². The summed E-state index contributed by atoms with van der Waals surface area (Å²) in [7, 11) is 0. The highest BCUT2D eigenvalue weighted by atomic mass is 15.3. The maximum absolute atomic E-state index is 4.51. The van der Waals surface area contributed by atoms with Crippen molar-refractivity contribution in [3.8, 4) is 0 Å². The summed E-state index contributed by atoms with van der Waals surface area (Å²) in [6.07, 6.45) is 6.70. The normalized spacial score (nSPS) is 15.1. The minimum Gasteiger partial charge on any atom is -0.366 e. The molecule has 110 valence electrons. The van der Waals surface area contributed by atoms with E-state index in [1.807, 2.05) is 0 Å². The quantitative estimate of drug-likeness (QED) is 0.898. The van der Waals surface area contributed by atoms with Crippen LogP contribution in [0, 0.1) is 13.8 Å². The maximum atomic E-state index is 4.51. The van der Waals surface area contributed by atoms with Crippen molar-refractivity contribution in [1.29, 1.82) is 0 Å². The fourth-order valence-electron chi connectivity index (χ4n) is 2.70. The Hall–Kier alpha value is -2.17. The largest absolute Gasteiger partial charge is 0.366 e. The Morgan fingerprint density at radius 1 is 1.14 bits per heavy atom. The molecule has 0 aliphatic heterocycles. The molecule has 1 aliphatic rings.